The summed E-state index contributed by atoms with van der Waals surface area (Å²) in [6.07, 6.45) is 7.17. The first-order chi connectivity index (χ1) is 14.5. The summed E-state index contributed by atoms with van der Waals surface area (Å²) in [6, 6.07) is 2.35. The van der Waals surface area contributed by atoms with E-state index in [-0.39, 0.29) is 17.6 Å². The molecule has 0 amide bonds. The molecule has 0 atom stereocenters. The Morgan fingerprint density at radius 3 is 2.73 bits per heavy atom. The Bertz CT molecular complexity index is 1100. The number of hydrogen-bond acceptors (Lipinski definition) is 8. The summed E-state index contributed by atoms with van der Waals surface area (Å²) in [6.45, 7) is 0.912. The van der Waals surface area contributed by atoms with Gasteiger partial charge in [0.05, 0.1) is 11.1 Å². The molecule has 1 saturated carbocycles. The van der Waals surface area contributed by atoms with Gasteiger partial charge in [-0.1, -0.05) is 0 Å². The molecule has 12 heteroatoms. The van der Waals surface area contributed by atoms with Crippen LogP contribution in [-0.4, -0.2) is 80.2 Å². The van der Waals surface area contributed by atoms with E-state index in [1.165, 1.54) is 0 Å². The zero-order chi connectivity index (χ0) is 20.7. The molecule has 1 aliphatic carbocycles. The number of sulfonamides is 1. The summed E-state index contributed by atoms with van der Waals surface area (Å²) in [5, 5.41) is 14.7. The van der Waals surface area contributed by atoms with Crippen molar-refractivity contribution in [3.63, 3.8) is 0 Å². The zero-order valence-corrected chi connectivity index (χ0v) is 17.6. The van der Waals surface area contributed by atoms with Crippen molar-refractivity contribution in [2.45, 2.75) is 37.6 Å². The SMILES string of the molecule is CN(c1ncnc2[nH]ccc12)C1CCC(CS(=O)(=O)N2CC(c3nnn[nH]3)C2)CC1. The second kappa shape index (κ2) is 7.58. The Balaban J connectivity index is 1.16. The summed E-state index contributed by atoms with van der Waals surface area (Å²) >= 11 is 0. The van der Waals surface area contributed by atoms with Crippen LogP contribution in [0.2, 0.25) is 0 Å². The first-order valence-electron chi connectivity index (χ1n) is 10.2. The van der Waals surface area contributed by atoms with Gasteiger partial charge in [0.15, 0.2) is 5.82 Å². The van der Waals surface area contributed by atoms with Crippen LogP contribution in [0.5, 0.6) is 0 Å². The molecule has 2 N–H and O–H groups in total. The van der Waals surface area contributed by atoms with Gasteiger partial charge in [0.2, 0.25) is 10.0 Å². The van der Waals surface area contributed by atoms with Crippen LogP contribution in [0.15, 0.2) is 18.6 Å². The lowest BCUT2D eigenvalue weighted by atomic mass is 9.86. The van der Waals surface area contributed by atoms with Crippen LogP contribution >= 0.6 is 0 Å². The van der Waals surface area contributed by atoms with Crippen molar-refractivity contribution in [3.05, 3.63) is 24.4 Å². The minimum atomic E-state index is -3.25. The van der Waals surface area contributed by atoms with Crippen LogP contribution in [0, 0.1) is 5.92 Å². The summed E-state index contributed by atoms with van der Waals surface area (Å²) in [7, 11) is -1.18. The van der Waals surface area contributed by atoms with Gasteiger partial charge >= 0.3 is 0 Å². The average molecular weight is 432 g/mol. The first-order valence-corrected chi connectivity index (χ1v) is 11.8. The summed E-state index contributed by atoms with van der Waals surface area (Å²) in [5.41, 5.74) is 0.834. The molecule has 160 valence electrons. The van der Waals surface area contributed by atoms with Gasteiger partial charge in [0.25, 0.3) is 0 Å². The first kappa shape index (κ1) is 19.4. The minimum absolute atomic E-state index is 0.0669. The lowest BCUT2D eigenvalue weighted by Gasteiger charge is -2.39. The Morgan fingerprint density at radius 2 is 2.00 bits per heavy atom. The van der Waals surface area contributed by atoms with Crippen molar-refractivity contribution in [2.24, 2.45) is 5.92 Å². The van der Waals surface area contributed by atoms with Crippen LogP contribution in [0.1, 0.15) is 37.4 Å². The van der Waals surface area contributed by atoms with Crippen LogP contribution < -0.4 is 4.90 Å². The highest BCUT2D eigenvalue weighted by molar-refractivity contribution is 7.89. The fraction of sp³-hybridized carbons (Fsp3) is 0.611. The van der Waals surface area contributed by atoms with E-state index in [0.717, 1.165) is 42.5 Å². The van der Waals surface area contributed by atoms with E-state index in [0.29, 0.717) is 25.0 Å². The molecule has 11 nitrogen and oxygen atoms in total. The Kier molecular flexibility index (Phi) is 4.89. The van der Waals surface area contributed by atoms with E-state index >= 15 is 0 Å². The lowest BCUT2D eigenvalue weighted by molar-refractivity contribution is 0.251. The Hall–Kier alpha value is -2.60. The molecular formula is C18H25N9O2S. The summed E-state index contributed by atoms with van der Waals surface area (Å²) in [5.74, 6) is 2.07. The van der Waals surface area contributed by atoms with Gasteiger partial charge in [-0.2, -0.15) is 0 Å². The number of aromatic nitrogens is 7. The smallest absolute Gasteiger partial charge is 0.214 e. The number of H-pyrrole nitrogens is 2. The largest absolute Gasteiger partial charge is 0.356 e. The van der Waals surface area contributed by atoms with E-state index in [4.69, 9.17) is 0 Å². The fourth-order valence-corrected chi connectivity index (χ4v) is 6.55. The number of anilines is 1. The van der Waals surface area contributed by atoms with E-state index in [9.17, 15) is 8.42 Å². The highest BCUT2D eigenvalue weighted by Crippen LogP contribution is 2.34. The number of hydrogen-bond donors (Lipinski definition) is 2. The number of fused-ring (bicyclic) bond motifs is 1. The quantitative estimate of drug-likeness (QED) is 0.587. The molecule has 1 saturated heterocycles. The van der Waals surface area contributed by atoms with Crippen molar-refractivity contribution in [1.82, 2.24) is 39.9 Å². The highest BCUT2D eigenvalue weighted by Gasteiger charge is 2.40. The average Bonchev–Trinajstić information content (AvgIpc) is 3.38. The molecular weight excluding hydrogens is 406 g/mol. The lowest BCUT2D eigenvalue weighted by Crippen LogP contribution is -2.50. The standard InChI is InChI=1S/C18H25N9O2S/c1-26(18-15-6-7-19-17(15)20-11-21-18)14-4-2-12(3-5-14)10-30(28,29)27-8-13(9-27)16-22-24-25-23-16/h6-7,11-14H,2-5,8-10H2,1H3,(H,19,20,21)(H,22,23,24,25). The maximum atomic E-state index is 12.8. The molecule has 2 fully saturated rings. The highest BCUT2D eigenvalue weighted by atomic mass is 32.2. The predicted octanol–water partition coefficient (Wildman–Crippen LogP) is 0.895. The number of nitrogens with one attached hydrogen (secondary N) is 2. The molecule has 0 unspecified atom stereocenters. The monoisotopic (exact) mass is 431 g/mol. The van der Waals surface area contributed by atoms with Gasteiger partial charge < -0.3 is 9.88 Å². The van der Waals surface area contributed by atoms with Crippen molar-refractivity contribution in [2.75, 3.05) is 30.8 Å². The van der Waals surface area contributed by atoms with Gasteiger partial charge in [-0.25, -0.2) is 27.8 Å². The van der Waals surface area contributed by atoms with E-state index in [1.807, 2.05) is 12.3 Å². The van der Waals surface area contributed by atoms with Gasteiger partial charge in [-0.15, -0.1) is 5.10 Å². The normalized spacial score (nSPS) is 23.5. The summed E-state index contributed by atoms with van der Waals surface area (Å²) in [4.78, 5) is 14.1. The molecule has 1 aliphatic heterocycles. The van der Waals surface area contributed by atoms with Gasteiger partial charge in [0, 0.05) is 38.3 Å². The van der Waals surface area contributed by atoms with E-state index < -0.39 is 10.0 Å². The third-order valence-electron chi connectivity index (χ3n) is 6.47. The van der Waals surface area contributed by atoms with Crippen molar-refractivity contribution >= 4 is 26.9 Å². The number of nitrogens with zero attached hydrogens (tertiary/aromatic N) is 7. The van der Waals surface area contributed by atoms with E-state index in [1.54, 1.807) is 10.6 Å². The topological polar surface area (TPSA) is 137 Å². The van der Waals surface area contributed by atoms with Crippen LogP contribution in [0.3, 0.4) is 0 Å². The van der Waals surface area contributed by atoms with Gasteiger partial charge in [0.1, 0.15) is 17.8 Å². The Morgan fingerprint density at radius 1 is 1.20 bits per heavy atom. The maximum Gasteiger partial charge on any atom is 0.214 e. The second-order valence-electron chi connectivity index (χ2n) is 8.30. The third kappa shape index (κ3) is 3.54. The minimum Gasteiger partial charge on any atom is -0.356 e. The third-order valence-corrected chi connectivity index (χ3v) is 8.44. The molecule has 0 spiro atoms. The fourth-order valence-electron chi connectivity index (χ4n) is 4.59. The predicted molar refractivity (Wildman–Crippen MR) is 110 cm³/mol. The zero-order valence-electron chi connectivity index (χ0n) is 16.8. The Labute approximate surface area is 174 Å². The molecule has 3 aromatic rings. The van der Waals surface area contributed by atoms with Crippen LogP contribution in [0.25, 0.3) is 11.0 Å². The van der Waals surface area contributed by atoms with Gasteiger partial charge in [-0.3, -0.25) is 0 Å². The number of tetrazole rings is 1. The number of rotatable bonds is 6. The van der Waals surface area contributed by atoms with Crippen molar-refractivity contribution in [3.8, 4) is 0 Å². The maximum absolute atomic E-state index is 12.8. The molecule has 5 rings (SSSR count). The summed E-state index contributed by atoms with van der Waals surface area (Å²) < 4.78 is 27.1. The number of aromatic amines is 2. The van der Waals surface area contributed by atoms with Gasteiger partial charge in [-0.05, 0) is 48.1 Å². The molecule has 4 heterocycles. The molecule has 0 bridgehead atoms. The van der Waals surface area contributed by atoms with Crippen molar-refractivity contribution in [1.29, 1.82) is 0 Å². The molecule has 2 aliphatic rings. The van der Waals surface area contributed by atoms with E-state index in [2.05, 4.69) is 47.5 Å². The molecule has 3 aromatic heterocycles. The second-order valence-corrected chi connectivity index (χ2v) is 10.3. The van der Waals surface area contributed by atoms with Crippen LogP contribution in [-0.2, 0) is 10.0 Å². The van der Waals surface area contributed by atoms with Crippen LogP contribution in [0.4, 0.5) is 5.82 Å². The molecule has 30 heavy (non-hydrogen) atoms. The molecule has 0 radical (unpaired) electrons. The van der Waals surface area contributed by atoms with Crippen molar-refractivity contribution < 1.29 is 8.42 Å². The molecule has 0 aromatic carbocycles.